The topological polar surface area (TPSA) is 64.4 Å². The number of aryl methyl sites for hydroxylation is 3. The predicted octanol–water partition coefficient (Wildman–Crippen LogP) is 6.85. The van der Waals surface area contributed by atoms with E-state index in [1.165, 1.54) is 0 Å². The number of hydrogen-bond donors (Lipinski definition) is 1. The Balaban J connectivity index is 1.54. The van der Waals surface area contributed by atoms with Crippen LogP contribution < -0.4 is 10.1 Å². The zero-order valence-electron chi connectivity index (χ0n) is 19.0. The first-order valence-electron chi connectivity index (χ1n) is 11.0. The zero-order chi connectivity index (χ0) is 22.7. The van der Waals surface area contributed by atoms with Crippen LogP contribution in [0.25, 0.3) is 22.6 Å². The second kappa shape index (κ2) is 9.27. The molecule has 1 heterocycles. The molecule has 3 aromatic carbocycles. The van der Waals surface area contributed by atoms with Gasteiger partial charge in [-0.15, -0.1) is 0 Å². The molecule has 1 amide bonds. The Morgan fingerprint density at radius 3 is 2.53 bits per heavy atom. The van der Waals surface area contributed by atoms with Crippen LogP contribution in [0.2, 0.25) is 0 Å². The second-order valence-electron chi connectivity index (χ2n) is 8.16. The van der Waals surface area contributed by atoms with E-state index in [0.717, 1.165) is 57.6 Å². The van der Waals surface area contributed by atoms with E-state index in [0.29, 0.717) is 18.1 Å². The molecular formula is C27H28N2O3. The van der Waals surface area contributed by atoms with Crippen molar-refractivity contribution in [3.05, 3.63) is 76.9 Å². The van der Waals surface area contributed by atoms with E-state index in [4.69, 9.17) is 9.15 Å². The van der Waals surface area contributed by atoms with Crippen molar-refractivity contribution in [2.75, 3.05) is 11.9 Å². The average molecular weight is 429 g/mol. The average Bonchev–Trinajstić information content (AvgIpc) is 3.20. The first-order chi connectivity index (χ1) is 15.4. The number of anilines is 1. The van der Waals surface area contributed by atoms with Crippen LogP contribution in [0.3, 0.4) is 0 Å². The summed E-state index contributed by atoms with van der Waals surface area (Å²) in [5, 5.41) is 3.01. The highest BCUT2D eigenvalue weighted by Gasteiger charge is 2.14. The summed E-state index contributed by atoms with van der Waals surface area (Å²) < 4.78 is 11.7. The summed E-state index contributed by atoms with van der Waals surface area (Å²) in [5.41, 5.74) is 6.91. The molecule has 0 aliphatic heterocycles. The van der Waals surface area contributed by atoms with Crippen molar-refractivity contribution in [1.82, 2.24) is 4.98 Å². The lowest BCUT2D eigenvalue weighted by molar-refractivity contribution is 0.102. The van der Waals surface area contributed by atoms with E-state index >= 15 is 0 Å². The van der Waals surface area contributed by atoms with E-state index in [9.17, 15) is 4.79 Å². The minimum atomic E-state index is -0.172. The van der Waals surface area contributed by atoms with Crippen LogP contribution in [0.15, 0.2) is 59.0 Å². The number of nitrogens with one attached hydrogen (secondary N) is 1. The van der Waals surface area contributed by atoms with Crippen molar-refractivity contribution < 1.29 is 13.9 Å². The van der Waals surface area contributed by atoms with E-state index in [1.807, 2.05) is 57.2 Å². The molecule has 0 saturated heterocycles. The number of carbonyl (C=O) groups is 1. The number of unbranched alkanes of at least 4 members (excludes halogenated alkanes) is 1. The van der Waals surface area contributed by atoms with Crippen molar-refractivity contribution in [2.24, 2.45) is 0 Å². The van der Waals surface area contributed by atoms with Crippen LogP contribution in [0, 0.1) is 20.8 Å². The lowest BCUT2D eigenvalue weighted by Crippen LogP contribution is -2.12. The number of aromatic nitrogens is 1. The van der Waals surface area contributed by atoms with Crippen molar-refractivity contribution in [3.63, 3.8) is 0 Å². The minimum absolute atomic E-state index is 0.172. The van der Waals surface area contributed by atoms with Gasteiger partial charge in [-0.3, -0.25) is 4.79 Å². The maximum atomic E-state index is 12.8. The highest BCUT2D eigenvalue weighted by atomic mass is 16.5. The molecule has 0 bridgehead atoms. The predicted molar refractivity (Wildman–Crippen MR) is 128 cm³/mol. The number of oxazole rings is 1. The Morgan fingerprint density at radius 1 is 1.00 bits per heavy atom. The maximum Gasteiger partial charge on any atom is 0.255 e. The van der Waals surface area contributed by atoms with Gasteiger partial charge >= 0.3 is 0 Å². The third kappa shape index (κ3) is 4.67. The number of ether oxygens (including phenoxy) is 1. The fourth-order valence-corrected chi connectivity index (χ4v) is 3.62. The fraction of sp³-hybridized carbons (Fsp3) is 0.259. The molecule has 0 radical (unpaired) electrons. The lowest BCUT2D eigenvalue weighted by Gasteiger charge is -2.10. The smallest absolute Gasteiger partial charge is 0.255 e. The van der Waals surface area contributed by atoms with Crippen LogP contribution >= 0.6 is 0 Å². The van der Waals surface area contributed by atoms with Gasteiger partial charge in [-0.1, -0.05) is 25.5 Å². The molecule has 0 atom stereocenters. The molecule has 5 heteroatoms. The highest BCUT2D eigenvalue weighted by molar-refractivity contribution is 6.05. The molecule has 5 nitrogen and oxygen atoms in total. The normalized spacial score (nSPS) is 11.0. The first kappa shape index (κ1) is 21.6. The summed E-state index contributed by atoms with van der Waals surface area (Å²) in [5.74, 6) is 1.14. The van der Waals surface area contributed by atoms with Gasteiger partial charge < -0.3 is 14.5 Å². The molecule has 32 heavy (non-hydrogen) atoms. The Labute approximate surface area is 188 Å². The second-order valence-corrected chi connectivity index (χ2v) is 8.16. The van der Waals surface area contributed by atoms with Gasteiger partial charge in [0.1, 0.15) is 11.3 Å². The molecule has 0 spiro atoms. The summed E-state index contributed by atoms with van der Waals surface area (Å²) in [6.45, 7) is 8.84. The van der Waals surface area contributed by atoms with Gasteiger partial charge in [0.05, 0.1) is 6.61 Å². The number of rotatable bonds is 7. The van der Waals surface area contributed by atoms with Gasteiger partial charge in [0.15, 0.2) is 5.58 Å². The Hall–Kier alpha value is -3.60. The summed E-state index contributed by atoms with van der Waals surface area (Å²) >= 11 is 0. The van der Waals surface area contributed by atoms with E-state index < -0.39 is 0 Å². The molecule has 0 aliphatic rings. The number of amides is 1. The summed E-state index contributed by atoms with van der Waals surface area (Å²) in [7, 11) is 0. The van der Waals surface area contributed by atoms with Crippen molar-refractivity contribution in [2.45, 2.75) is 40.5 Å². The molecule has 0 fully saturated rings. The first-order valence-corrected chi connectivity index (χ1v) is 11.0. The molecule has 0 saturated carbocycles. The minimum Gasteiger partial charge on any atom is -0.494 e. The van der Waals surface area contributed by atoms with Crippen LogP contribution in [-0.4, -0.2) is 17.5 Å². The number of hydrogen-bond acceptors (Lipinski definition) is 4. The summed E-state index contributed by atoms with van der Waals surface area (Å²) in [4.78, 5) is 17.5. The zero-order valence-corrected chi connectivity index (χ0v) is 19.0. The lowest BCUT2D eigenvalue weighted by atomic mass is 10.1. The number of benzene rings is 3. The van der Waals surface area contributed by atoms with Crippen molar-refractivity contribution >= 4 is 22.7 Å². The third-order valence-corrected chi connectivity index (χ3v) is 5.44. The number of carbonyl (C=O) groups excluding carboxylic acids is 1. The Bertz CT molecular complexity index is 1260. The van der Waals surface area contributed by atoms with E-state index in [1.54, 1.807) is 12.1 Å². The molecule has 1 N–H and O–H groups in total. The van der Waals surface area contributed by atoms with Gasteiger partial charge in [-0.05, 0) is 86.3 Å². The largest absolute Gasteiger partial charge is 0.494 e. The molecular weight excluding hydrogens is 400 g/mol. The Morgan fingerprint density at radius 2 is 1.78 bits per heavy atom. The molecule has 164 valence electrons. The van der Waals surface area contributed by atoms with E-state index in [2.05, 4.69) is 23.3 Å². The molecule has 0 aliphatic carbocycles. The van der Waals surface area contributed by atoms with Crippen LogP contribution in [0.1, 0.15) is 46.8 Å². The molecule has 4 rings (SSSR count). The van der Waals surface area contributed by atoms with Crippen LogP contribution in [0.5, 0.6) is 5.75 Å². The molecule has 1 aromatic heterocycles. The number of nitrogens with zero attached hydrogens (tertiary/aromatic N) is 1. The maximum absolute atomic E-state index is 12.8. The van der Waals surface area contributed by atoms with Crippen LogP contribution in [0.4, 0.5) is 5.69 Å². The van der Waals surface area contributed by atoms with Gasteiger partial charge in [0, 0.05) is 16.8 Å². The van der Waals surface area contributed by atoms with Crippen molar-refractivity contribution in [3.8, 4) is 17.2 Å². The fourth-order valence-electron chi connectivity index (χ4n) is 3.62. The monoisotopic (exact) mass is 428 g/mol. The standard InChI is InChI=1S/C27H28N2O3/c1-5-6-13-31-22-11-9-20(10-12-22)26(30)28-23-16-21(8-7-18(23)3)27-29-24-15-17(2)14-19(4)25(24)32-27/h7-12,14-16H,5-6,13H2,1-4H3,(H,28,30). The summed E-state index contributed by atoms with van der Waals surface area (Å²) in [6.07, 6.45) is 2.10. The van der Waals surface area contributed by atoms with Gasteiger partial charge in [-0.25, -0.2) is 4.98 Å². The highest BCUT2D eigenvalue weighted by Crippen LogP contribution is 2.30. The Kier molecular flexibility index (Phi) is 6.26. The van der Waals surface area contributed by atoms with Crippen LogP contribution in [-0.2, 0) is 0 Å². The number of fused-ring (bicyclic) bond motifs is 1. The van der Waals surface area contributed by atoms with E-state index in [-0.39, 0.29) is 5.91 Å². The van der Waals surface area contributed by atoms with Gasteiger partial charge in [-0.2, -0.15) is 0 Å². The van der Waals surface area contributed by atoms with Gasteiger partial charge in [0.25, 0.3) is 5.91 Å². The summed E-state index contributed by atoms with van der Waals surface area (Å²) in [6, 6.07) is 17.1. The van der Waals surface area contributed by atoms with Gasteiger partial charge in [0.2, 0.25) is 5.89 Å². The SMILES string of the molecule is CCCCOc1ccc(C(=O)Nc2cc(-c3nc4cc(C)cc(C)c4o3)ccc2C)cc1. The third-order valence-electron chi connectivity index (χ3n) is 5.44. The van der Waals surface area contributed by atoms with Crippen molar-refractivity contribution in [1.29, 1.82) is 0 Å². The quantitative estimate of drug-likeness (QED) is 0.327. The molecule has 0 unspecified atom stereocenters. The molecule has 4 aromatic rings.